The summed E-state index contributed by atoms with van der Waals surface area (Å²) in [7, 11) is 3.37. The summed E-state index contributed by atoms with van der Waals surface area (Å²) in [4.78, 5) is 13.9. The molecule has 0 aliphatic rings. The Morgan fingerprint density at radius 1 is 1.25 bits per heavy atom. The van der Waals surface area contributed by atoms with Crippen LogP contribution in [0.15, 0.2) is 42.5 Å². The molecule has 2 aromatic rings. The number of rotatable bonds is 7. The molecule has 1 amide bonds. The highest BCUT2D eigenvalue weighted by Crippen LogP contribution is 2.23. The van der Waals surface area contributed by atoms with Gasteiger partial charge in [0, 0.05) is 30.1 Å². The molecule has 0 aliphatic carbocycles. The summed E-state index contributed by atoms with van der Waals surface area (Å²) in [6.07, 6.45) is 0.278. The van der Waals surface area contributed by atoms with E-state index in [0.717, 1.165) is 0 Å². The molecule has 1 N–H and O–H groups in total. The fourth-order valence-corrected chi connectivity index (χ4v) is 2.51. The molecule has 0 atom stereocenters. The predicted octanol–water partition coefficient (Wildman–Crippen LogP) is 3.95. The van der Waals surface area contributed by atoms with E-state index in [1.165, 1.54) is 6.07 Å². The number of nitrogens with zero attached hydrogens (tertiary/aromatic N) is 1. The van der Waals surface area contributed by atoms with E-state index in [1.54, 1.807) is 31.4 Å². The first kappa shape index (κ1) is 18.2. The minimum Gasteiger partial charge on any atom is -0.495 e. The largest absolute Gasteiger partial charge is 0.495 e. The van der Waals surface area contributed by atoms with Crippen molar-refractivity contribution in [1.29, 1.82) is 0 Å². The van der Waals surface area contributed by atoms with E-state index >= 15 is 0 Å². The van der Waals surface area contributed by atoms with Gasteiger partial charge in [0.05, 0.1) is 12.8 Å². The van der Waals surface area contributed by atoms with Crippen LogP contribution in [-0.2, 0) is 11.3 Å². The number of hydrogen-bond donors (Lipinski definition) is 1. The van der Waals surface area contributed by atoms with Gasteiger partial charge in [-0.2, -0.15) is 0 Å². The van der Waals surface area contributed by atoms with Crippen LogP contribution in [0.4, 0.5) is 10.1 Å². The highest BCUT2D eigenvalue weighted by molar-refractivity contribution is 6.31. The Morgan fingerprint density at radius 3 is 2.71 bits per heavy atom. The molecule has 0 aliphatic heterocycles. The Morgan fingerprint density at radius 2 is 2.00 bits per heavy atom. The first-order valence-electron chi connectivity index (χ1n) is 7.55. The Kier molecular flexibility index (Phi) is 6.58. The quantitative estimate of drug-likeness (QED) is 0.822. The maximum atomic E-state index is 13.8. The van der Waals surface area contributed by atoms with Gasteiger partial charge in [-0.1, -0.05) is 29.8 Å². The number of amides is 1. The lowest BCUT2D eigenvalue weighted by Gasteiger charge is -2.18. The van der Waals surface area contributed by atoms with Crippen LogP contribution in [0, 0.1) is 5.82 Å². The van der Waals surface area contributed by atoms with Gasteiger partial charge in [0.1, 0.15) is 11.6 Å². The van der Waals surface area contributed by atoms with Crippen LogP contribution in [0.25, 0.3) is 0 Å². The number of ether oxygens (including phenoxy) is 1. The Bertz CT molecular complexity index is 689. The van der Waals surface area contributed by atoms with Crippen molar-refractivity contribution in [3.8, 4) is 5.75 Å². The second-order valence-electron chi connectivity index (χ2n) is 5.44. The van der Waals surface area contributed by atoms with Crippen LogP contribution in [0.5, 0.6) is 5.75 Å². The van der Waals surface area contributed by atoms with Crippen LogP contribution >= 0.6 is 11.6 Å². The average molecular weight is 351 g/mol. The summed E-state index contributed by atoms with van der Waals surface area (Å²) in [6, 6.07) is 11.8. The van der Waals surface area contributed by atoms with Gasteiger partial charge in [0.15, 0.2) is 0 Å². The summed E-state index contributed by atoms with van der Waals surface area (Å²) < 4.78 is 19.0. The number of nitrogens with one attached hydrogen (secondary N) is 1. The number of halogens is 2. The van der Waals surface area contributed by atoms with Crippen molar-refractivity contribution in [3.63, 3.8) is 0 Å². The van der Waals surface area contributed by atoms with Gasteiger partial charge in [0.2, 0.25) is 5.91 Å². The zero-order valence-electron chi connectivity index (χ0n) is 13.7. The van der Waals surface area contributed by atoms with Crippen LogP contribution in [0.2, 0.25) is 5.02 Å². The number of carbonyl (C=O) groups excluding carboxylic acids is 1. The molecular weight excluding hydrogens is 331 g/mol. The maximum Gasteiger partial charge on any atom is 0.225 e. The summed E-state index contributed by atoms with van der Waals surface area (Å²) >= 11 is 6.02. The minimum absolute atomic E-state index is 0.133. The van der Waals surface area contributed by atoms with Gasteiger partial charge >= 0.3 is 0 Å². The van der Waals surface area contributed by atoms with E-state index in [-0.39, 0.29) is 18.1 Å². The minimum atomic E-state index is -0.340. The second kappa shape index (κ2) is 8.66. The summed E-state index contributed by atoms with van der Waals surface area (Å²) in [6.45, 7) is 0.819. The highest BCUT2D eigenvalue weighted by atomic mass is 35.5. The zero-order chi connectivity index (χ0) is 17.5. The van der Waals surface area contributed by atoms with Crippen molar-refractivity contribution < 1.29 is 13.9 Å². The van der Waals surface area contributed by atoms with Gasteiger partial charge in [-0.25, -0.2) is 4.39 Å². The average Bonchev–Trinajstić information content (AvgIpc) is 2.57. The molecule has 0 unspecified atom stereocenters. The fraction of sp³-hybridized carbons (Fsp3) is 0.278. The normalized spacial score (nSPS) is 10.7. The third-order valence-electron chi connectivity index (χ3n) is 3.59. The lowest BCUT2D eigenvalue weighted by Crippen LogP contribution is -2.24. The number of methoxy groups -OCH3 is 1. The van der Waals surface area contributed by atoms with Crippen molar-refractivity contribution in [2.75, 3.05) is 26.0 Å². The van der Waals surface area contributed by atoms with Gasteiger partial charge in [0.25, 0.3) is 0 Å². The molecule has 0 heterocycles. The van der Waals surface area contributed by atoms with E-state index in [9.17, 15) is 9.18 Å². The van der Waals surface area contributed by atoms with Gasteiger partial charge < -0.3 is 15.0 Å². The van der Waals surface area contributed by atoms with Crippen LogP contribution < -0.4 is 10.1 Å². The molecule has 0 radical (unpaired) electrons. The standard InChI is InChI=1S/C18H20ClFN2O2/c1-22(12-13-14(19)6-5-7-15(13)20)11-10-18(23)21-16-8-3-4-9-17(16)24-2/h3-9H,10-12H2,1-2H3,(H,21,23). The molecule has 0 bridgehead atoms. The van der Waals surface area contributed by atoms with Gasteiger partial charge in [-0.15, -0.1) is 0 Å². The number of carbonyl (C=O) groups is 1. The molecule has 0 spiro atoms. The molecule has 128 valence electrons. The van der Waals surface area contributed by atoms with E-state index in [2.05, 4.69) is 5.32 Å². The van der Waals surface area contributed by atoms with Crippen molar-refractivity contribution in [3.05, 3.63) is 58.9 Å². The summed E-state index contributed by atoms with van der Waals surface area (Å²) in [5, 5.41) is 3.20. The molecule has 0 saturated heterocycles. The number of anilines is 1. The lowest BCUT2D eigenvalue weighted by molar-refractivity contribution is -0.116. The fourth-order valence-electron chi connectivity index (χ4n) is 2.29. The first-order valence-corrected chi connectivity index (χ1v) is 7.93. The summed E-state index contributed by atoms with van der Waals surface area (Å²) in [5.41, 5.74) is 1.07. The molecule has 2 rings (SSSR count). The zero-order valence-corrected chi connectivity index (χ0v) is 14.4. The summed E-state index contributed by atoms with van der Waals surface area (Å²) in [5.74, 6) is 0.135. The Hall–Kier alpha value is -2.11. The number of hydrogen-bond acceptors (Lipinski definition) is 3. The van der Waals surface area contributed by atoms with Gasteiger partial charge in [-0.05, 0) is 31.3 Å². The van der Waals surface area contributed by atoms with Crippen LogP contribution in [0.3, 0.4) is 0 Å². The molecule has 6 heteroatoms. The van der Waals surface area contributed by atoms with Crippen molar-refractivity contribution >= 4 is 23.2 Å². The second-order valence-corrected chi connectivity index (χ2v) is 5.84. The molecule has 4 nitrogen and oxygen atoms in total. The first-order chi connectivity index (χ1) is 11.5. The highest BCUT2D eigenvalue weighted by Gasteiger charge is 2.12. The topological polar surface area (TPSA) is 41.6 Å². The lowest BCUT2D eigenvalue weighted by atomic mass is 10.2. The van der Waals surface area contributed by atoms with Gasteiger partial charge in [-0.3, -0.25) is 4.79 Å². The van der Waals surface area contributed by atoms with Crippen molar-refractivity contribution in [1.82, 2.24) is 4.90 Å². The van der Waals surface area contributed by atoms with Crippen molar-refractivity contribution in [2.24, 2.45) is 0 Å². The molecule has 2 aromatic carbocycles. The Labute approximate surface area is 146 Å². The number of para-hydroxylation sites is 2. The maximum absolute atomic E-state index is 13.8. The monoisotopic (exact) mass is 350 g/mol. The van der Waals surface area contributed by atoms with Crippen LogP contribution in [0.1, 0.15) is 12.0 Å². The molecule has 0 fully saturated rings. The molecular formula is C18H20ClFN2O2. The van der Waals surface area contributed by atoms with Crippen LogP contribution in [-0.4, -0.2) is 31.5 Å². The van der Waals surface area contributed by atoms with E-state index in [4.69, 9.17) is 16.3 Å². The third kappa shape index (κ3) is 4.94. The molecule has 0 aromatic heterocycles. The van der Waals surface area contributed by atoms with E-state index in [0.29, 0.717) is 35.1 Å². The van der Waals surface area contributed by atoms with E-state index < -0.39 is 0 Å². The number of benzene rings is 2. The molecule has 24 heavy (non-hydrogen) atoms. The van der Waals surface area contributed by atoms with Crippen molar-refractivity contribution in [2.45, 2.75) is 13.0 Å². The SMILES string of the molecule is COc1ccccc1NC(=O)CCN(C)Cc1c(F)cccc1Cl. The Balaban J connectivity index is 1.87. The molecule has 0 saturated carbocycles. The third-order valence-corrected chi connectivity index (χ3v) is 3.95. The predicted molar refractivity (Wildman–Crippen MR) is 94.0 cm³/mol. The van der Waals surface area contributed by atoms with E-state index in [1.807, 2.05) is 24.1 Å². The smallest absolute Gasteiger partial charge is 0.225 e.